The third kappa shape index (κ3) is 2.53. The van der Waals surface area contributed by atoms with Crippen LogP contribution in [0, 0.1) is 0 Å². The number of aliphatic hydroxyl groups is 1. The number of rotatable bonds is 4. The molecule has 0 saturated carbocycles. The van der Waals surface area contributed by atoms with Crippen LogP contribution in [0.2, 0.25) is 0 Å². The van der Waals surface area contributed by atoms with E-state index in [9.17, 15) is 9.90 Å². The highest BCUT2D eigenvalue weighted by Gasteiger charge is 2.17. The molecular weight excluding hydrogens is 228 g/mol. The molecule has 78 valence electrons. The van der Waals surface area contributed by atoms with Gasteiger partial charge in [0.05, 0.1) is 0 Å². The molecule has 2 aromatic rings. The van der Waals surface area contributed by atoms with Crippen molar-refractivity contribution in [2.45, 2.75) is 12.5 Å². The minimum Gasteiger partial charge on any atom is -0.385 e. The molecule has 0 radical (unpaired) electrons. The molecule has 1 N–H and O–H groups in total. The lowest BCUT2D eigenvalue weighted by Crippen LogP contribution is -2.22. The Balaban J connectivity index is 2.03. The highest BCUT2D eigenvalue weighted by Crippen LogP contribution is 2.13. The number of thiophene rings is 2. The smallest absolute Gasteiger partial charge is 0.192 e. The quantitative estimate of drug-likeness (QED) is 0.831. The molecule has 2 rings (SSSR count). The van der Waals surface area contributed by atoms with Gasteiger partial charge in [-0.3, -0.25) is 4.79 Å². The number of hydrogen-bond donors (Lipinski definition) is 1. The fourth-order valence-electron chi connectivity index (χ4n) is 1.32. The van der Waals surface area contributed by atoms with Crippen molar-refractivity contribution in [1.29, 1.82) is 0 Å². The van der Waals surface area contributed by atoms with E-state index in [1.165, 1.54) is 11.3 Å². The Morgan fingerprint density at radius 1 is 1.27 bits per heavy atom. The van der Waals surface area contributed by atoms with Crippen LogP contribution in [0.15, 0.2) is 33.7 Å². The van der Waals surface area contributed by atoms with Gasteiger partial charge in [-0.25, -0.2) is 0 Å². The van der Waals surface area contributed by atoms with Crippen LogP contribution in [0.3, 0.4) is 0 Å². The second kappa shape index (κ2) is 4.70. The Kier molecular flexibility index (Phi) is 3.30. The van der Waals surface area contributed by atoms with Gasteiger partial charge in [0.1, 0.15) is 6.10 Å². The normalized spacial score (nSPS) is 12.6. The van der Waals surface area contributed by atoms with Crippen LogP contribution >= 0.6 is 22.7 Å². The molecular formula is C11H10O2S2. The summed E-state index contributed by atoms with van der Waals surface area (Å²) in [6, 6.07) is 3.67. The molecule has 0 fully saturated rings. The summed E-state index contributed by atoms with van der Waals surface area (Å²) in [7, 11) is 0. The molecule has 2 nitrogen and oxygen atoms in total. The van der Waals surface area contributed by atoms with Gasteiger partial charge in [-0.05, 0) is 33.8 Å². The maximum Gasteiger partial charge on any atom is 0.192 e. The lowest BCUT2D eigenvalue weighted by molar-refractivity contribution is 0.0748. The van der Waals surface area contributed by atoms with Crippen molar-refractivity contribution in [1.82, 2.24) is 0 Å². The van der Waals surface area contributed by atoms with E-state index in [1.54, 1.807) is 22.8 Å². The zero-order chi connectivity index (χ0) is 10.7. The van der Waals surface area contributed by atoms with Gasteiger partial charge in [0.15, 0.2) is 5.78 Å². The molecule has 0 spiro atoms. The first-order chi connectivity index (χ1) is 7.27. The van der Waals surface area contributed by atoms with E-state index >= 15 is 0 Å². The molecule has 1 unspecified atom stereocenters. The number of carbonyl (C=O) groups is 1. The highest BCUT2D eigenvalue weighted by atomic mass is 32.1. The van der Waals surface area contributed by atoms with Crippen molar-refractivity contribution in [3.63, 3.8) is 0 Å². The summed E-state index contributed by atoms with van der Waals surface area (Å²) < 4.78 is 0. The zero-order valence-electron chi connectivity index (χ0n) is 7.92. The number of carbonyl (C=O) groups excluding carboxylic acids is 1. The van der Waals surface area contributed by atoms with Gasteiger partial charge in [0.2, 0.25) is 0 Å². The Labute approximate surface area is 95.8 Å². The first-order valence-electron chi connectivity index (χ1n) is 4.53. The van der Waals surface area contributed by atoms with Crippen LogP contribution in [-0.4, -0.2) is 17.0 Å². The molecule has 15 heavy (non-hydrogen) atoms. The largest absolute Gasteiger partial charge is 0.385 e. The van der Waals surface area contributed by atoms with Crippen molar-refractivity contribution in [3.8, 4) is 0 Å². The monoisotopic (exact) mass is 238 g/mol. The summed E-state index contributed by atoms with van der Waals surface area (Å²) in [6.07, 6.45) is -0.521. The average molecular weight is 238 g/mol. The van der Waals surface area contributed by atoms with Gasteiger partial charge in [-0.15, -0.1) is 0 Å². The SMILES string of the molecule is O=C(c1ccsc1)C(O)Cc1ccsc1. The lowest BCUT2D eigenvalue weighted by Gasteiger charge is -2.06. The van der Waals surface area contributed by atoms with E-state index in [2.05, 4.69) is 0 Å². The lowest BCUT2D eigenvalue weighted by atomic mass is 10.0. The van der Waals surface area contributed by atoms with Crippen LogP contribution in [0.4, 0.5) is 0 Å². The maximum absolute atomic E-state index is 11.7. The van der Waals surface area contributed by atoms with Crippen molar-refractivity contribution in [2.75, 3.05) is 0 Å². The fourth-order valence-corrected chi connectivity index (χ4v) is 2.65. The predicted octanol–water partition coefficient (Wildman–Crippen LogP) is 2.60. The molecule has 0 saturated heterocycles. The molecule has 0 amide bonds. The summed E-state index contributed by atoms with van der Waals surface area (Å²) in [4.78, 5) is 11.7. The van der Waals surface area contributed by atoms with Crippen molar-refractivity contribution >= 4 is 28.5 Å². The third-order valence-corrected chi connectivity index (χ3v) is 3.53. The van der Waals surface area contributed by atoms with E-state index < -0.39 is 6.10 Å². The Morgan fingerprint density at radius 2 is 2.00 bits per heavy atom. The van der Waals surface area contributed by atoms with Crippen LogP contribution < -0.4 is 0 Å². The second-order valence-electron chi connectivity index (χ2n) is 3.23. The molecule has 0 aliphatic heterocycles. The Hall–Kier alpha value is -0.970. The number of hydrogen-bond acceptors (Lipinski definition) is 4. The summed E-state index contributed by atoms with van der Waals surface area (Å²) >= 11 is 3.03. The van der Waals surface area contributed by atoms with Gasteiger partial charge in [0, 0.05) is 17.4 Å². The topological polar surface area (TPSA) is 37.3 Å². The Bertz CT molecular complexity index is 417. The molecule has 4 heteroatoms. The van der Waals surface area contributed by atoms with Gasteiger partial charge in [0.25, 0.3) is 0 Å². The van der Waals surface area contributed by atoms with Crippen molar-refractivity contribution in [3.05, 3.63) is 44.8 Å². The van der Waals surface area contributed by atoms with Gasteiger partial charge >= 0.3 is 0 Å². The minimum absolute atomic E-state index is 0.192. The number of aliphatic hydroxyl groups excluding tert-OH is 1. The van der Waals surface area contributed by atoms with E-state index in [1.807, 2.05) is 22.2 Å². The van der Waals surface area contributed by atoms with Gasteiger partial charge < -0.3 is 5.11 Å². The molecule has 2 aromatic heterocycles. The van der Waals surface area contributed by atoms with Crippen molar-refractivity contribution in [2.24, 2.45) is 0 Å². The van der Waals surface area contributed by atoms with Gasteiger partial charge in [-0.1, -0.05) is 0 Å². The number of Topliss-reactive ketones (excluding diaryl/α,β-unsaturated/α-hetero) is 1. The van der Waals surface area contributed by atoms with Crippen LogP contribution in [-0.2, 0) is 6.42 Å². The van der Waals surface area contributed by atoms with Crippen molar-refractivity contribution < 1.29 is 9.90 Å². The van der Waals surface area contributed by atoms with Crippen LogP contribution in [0.5, 0.6) is 0 Å². The third-order valence-electron chi connectivity index (χ3n) is 2.12. The standard InChI is InChI=1S/C11H10O2S2/c12-10(5-8-1-3-14-6-8)11(13)9-2-4-15-7-9/h1-4,6-7,10,12H,5H2. The zero-order valence-corrected chi connectivity index (χ0v) is 9.55. The molecule has 2 heterocycles. The minimum atomic E-state index is -0.922. The number of ketones is 1. The van der Waals surface area contributed by atoms with E-state index in [4.69, 9.17) is 0 Å². The van der Waals surface area contributed by atoms with Gasteiger partial charge in [-0.2, -0.15) is 22.7 Å². The maximum atomic E-state index is 11.7. The molecule has 0 aromatic carbocycles. The fraction of sp³-hybridized carbons (Fsp3) is 0.182. The van der Waals surface area contributed by atoms with E-state index in [0.717, 1.165) is 5.56 Å². The summed E-state index contributed by atoms with van der Waals surface area (Å²) in [5.74, 6) is -0.192. The first kappa shape index (κ1) is 10.5. The van der Waals surface area contributed by atoms with Crippen LogP contribution in [0.1, 0.15) is 15.9 Å². The molecule has 0 aliphatic carbocycles. The molecule has 1 atom stereocenters. The predicted molar refractivity (Wildman–Crippen MR) is 62.7 cm³/mol. The van der Waals surface area contributed by atoms with E-state index in [0.29, 0.717) is 12.0 Å². The average Bonchev–Trinajstić information content (AvgIpc) is 2.88. The highest BCUT2D eigenvalue weighted by molar-refractivity contribution is 7.08. The molecule has 0 aliphatic rings. The summed E-state index contributed by atoms with van der Waals surface area (Å²) in [5, 5.41) is 17.2. The van der Waals surface area contributed by atoms with Crippen LogP contribution in [0.25, 0.3) is 0 Å². The second-order valence-corrected chi connectivity index (χ2v) is 4.79. The summed E-state index contributed by atoms with van der Waals surface area (Å²) in [5.41, 5.74) is 1.61. The Morgan fingerprint density at radius 3 is 2.60 bits per heavy atom. The molecule has 0 bridgehead atoms. The first-order valence-corrected chi connectivity index (χ1v) is 6.41. The summed E-state index contributed by atoms with van der Waals surface area (Å²) in [6.45, 7) is 0. The van der Waals surface area contributed by atoms with E-state index in [-0.39, 0.29) is 5.78 Å².